The van der Waals surface area contributed by atoms with E-state index in [-0.39, 0.29) is 17.9 Å². The number of aliphatic hydroxyl groups is 1. The van der Waals surface area contributed by atoms with Crippen molar-refractivity contribution >= 4 is 23.4 Å². The van der Waals surface area contributed by atoms with E-state index in [1.165, 1.54) is 0 Å². The molecule has 0 saturated carbocycles. The highest BCUT2D eigenvalue weighted by atomic mass is 35.5. The molecule has 5 nitrogen and oxygen atoms in total. The quantitative estimate of drug-likeness (QED) is 0.774. The highest BCUT2D eigenvalue weighted by Gasteiger charge is 2.24. The summed E-state index contributed by atoms with van der Waals surface area (Å²) in [5.74, 6) is -0.770. The lowest BCUT2D eigenvalue weighted by Crippen LogP contribution is -2.48. The van der Waals surface area contributed by atoms with E-state index in [9.17, 15) is 14.7 Å². The van der Waals surface area contributed by atoms with Crippen LogP contribution < -0.4 is 10.6 Å². The zero-order valence-electron chi connectivity index (χ0n) is 13.3. The van der Waals surface area contributed by atoms with Crippen LogP contribution in [0.4, 0.5) is 0 Å². The molecule has 1 aromatic rings. The molecule has 6 heteroatoms. The molecule has 22 heavy (non-hydrogen) atoms. The zero-order valence-corrected chi connectivity index (χ0v) is 14.1. The molecule has 122 valence electrons. The highest BCUT2D eigenvalue weighted by molar-refractivity contribution is 6.33. The fraction of sp³-hybridized carbons (Fsp3) is 0.500. The maximum atomic E-state index is 12.1. The average molecular weight is 327 g/mol. The number of hydrogen-bond acceptors (Lipinski definition) is 3. The molecule has 0 heterocycles. The van der Waals surface area contributed by atoms with Gasteiger partial charge in [0.05, 0.1) is 16.7 Å². The van der Waals surface area contributed by atoms with Gasteiger partial charge in [0.2, 0.25) is 5.91 Å². The number of aliphatic hydroxyl groups excluding tert-OH is 1. The van der Waals surface area contributed by atoms with Gasteiger partial charge in [0.25, 0.3) is 5.91 Å². The predicted octanol–water partition coefficient (Wildman–Crippen LogP) is 1.98. The van der Waals surface area contributed by atoms with E-state index in [4.69, 9.17) is 11.6 Å². The molecular formula is C16H23ClN2O3. The minimum absolute atomic E-state index is 0.134. The molecule has 0 radical (unpaired) electrons. The van der Waals surface area contributed by atoms with E-state index in [0.29, 0.717) is 10.6 Å². The van der Waals surface area contributed by atoms with Crippen LogP contribution in [0.25, 0.3) is 0 Å². The SMILES string of the molecule is CC(NC(=O)c1ccccc1Cl)C(=O)NCC(O)C(C)(C)C. The third kappa shape index (κ3) is 5.31. The van der Waals surface area contributed by atoms with Gasteiger partial charge in [-0.3, -0.25) is 9.59 Å². The minimum atomic E-state index is -0.726. The van der Waals surface area contributed by atoms with Crippen molar-refractivity contribution in [3.05, 3.63) is 34.9 Å². The van der Waals surface area contributed by atoms with E-state index in [1.807, 2.05) is 20.8 Å². The molecule has 0 aliphatic heterocycles. The van der Waals surface area contributed by atoms with Crippen LogP contribution in [-0.4, -0.2) is 35.6 Å². The van der Waals surface area contributed by atoms with Crippen molar-refractivity contribution in [2.45, 2.75) is 39.8 Å². The summed E-state index contributed by atoms with van der Waals surface area (Å²) in [4.78, 5) is 24.0. The second-order valence-electron chi connectivity index (χ2n) is 6.30. The van der Waals surface area contributed by atoms with Gasteiger partial charge in [-0.15, -0.1) is 0 Å². The van der Waals surface area contributed by atoms with E-state index in [2.05, 4.69) is 10.6 Å². The van der Waals surface area contributed by atoms with Gasteiger partial charge < -0.3 is 15.7 Å². The van der Waals surface area contributed by atoms with Crippen LogP contribution >= 0.6 is 11.6 Å². The summed E-state index contributed by atoms with van der Waals surface area (Å²) in [6, 6.07) is 5.90. The van der Waals surface area contributed by atoms with Crippen molar-refractivity contribution in [1.29, 1.82) is 0 Å². The topological polar surface area (TPSA) is 78.4 Å². The summed E-state index contributed by atoms with van der Waals surface area (Å²) in [6.45, 7) is 7.35. The van der Waals surface area contributed by atoms with Crippen LogP contribution in [0, 0.1) is 5.41 Å². The standard InChI is InChI=1S/C16H23ClN2O3/c1-10(14(21)18-9-13(20)16(2,3)4)19-15(22)11-7-5-6-8-12(11)17/h5-8,10,13,20H,9H2,1-4H3,(H,18,21)(H,19,22). The monoisotopic (exact) mass is 326 g/mol. The molecule has 1 aromatic carbocycles. The highest BCUT2D eigenvalue weighted by Crippen LogP contribution is 2.18. The van der Waals surface area contributed by atoms with Crippen LogP contribution in [0.1, 0.15) is 38.1 Å². The molecule has 0 saturated heterocycles. The molecule has 0 fully saturated rings. The molecule has 2 unspecified atom stereocenters. The van der Waals surface area contributed by atoms with Gasteiger partial charge in [-0.1, -0.05) is 44.5 Å². The molecule has 3 N–H and O–H groups in total. The number of carbonyl (C=O) groups is 2. The van der Waals surface area contributed by atoms with Crippen molar-refractivity contribution in [2.24, 2.45) is 5.41 Å². The number of nitrogens with one attached hydrogen (secondary N) is 2. The first kappa shape index (κ1) is 18.5. The number of rotatable bonds is 5. The fourth-order valence-electron chi connectivity index (χ4n) is 1.64. The Hall–Kier alpha value is -1.59. The molecule has 0 aliphatic rings. The van der Waals surface area contributed by atoms with Crippen molar-refractivity contribution in [3.63, 3.8) is 0 Å². The molecule has 0 bridgehead atoms. The normalized spacial score (nSPS) is 14.1. The van der Waals surface area contributed by atoms with Gasteiger partial charge in [0.15, 0.2) is 0 Å². The molecule has 0 aliphatic carbocycles. The third-order valence-electron chi connectivity index (χ3n) is 3.33. The Morgan fingerprint density at radius 2 is 1.86 bits per heavy atom. The molecular weight excluding hydrogens is 304 g/mol. The first-order valence-corrected chi connectivity index (χ1v) is 7.52. The second kappa shape index (κ2) is 7.61. The maximum Gasteiger partial charge on any atom is 0.253 e. The van der Waals surface area contributed by atoms with Crippen LogP contribution in [-0.2, 0) is 4.79 Å². The van der Waals surface area contributed by atoms with Crippen molar-refractivity contribution in [3.8, 4) is 0 Å². The maximum absolute atomic E-state index is 12.1. The first-order chi connectivity index (χ1) is 10.1. The average Bonchev–Trinajstić information content (AvgIpc) is 2.43. The van der Waals surface area contributed by atoms with E-state index in [1.54, 1.807) is 31.2 Å². The Kier molecular flexibility index (Phi) is 6.38. The number of halogens is 1. The van der Waals surface area contributed by atoms with Gasteiger partial charge in [0, 0.05) is 6.54 Å². The Morgan fingerprint density at radius 1 is 1.27 bits per heavy atom. The molecule has 2 atom stereocenters. The predicted molar refractivity (Wildman–Crippen MR) is 86.9 cm³/mol. The molecule has 2 amide bonds. The van der Waals surface area contributed by atoms with Crippen LogP contribution in [0.15, 0.2) is 24.3 Å². The number of amides is 2. The summed E-state index contributed by atoms with van der Waals surface area (Å²) >= 11 is 5.94. The summed E-state index contributed by atoms with van der Waals surface area (Å²) in [6.07, 6.45) is -0.664. The number of hydrogen-bond donors (Lipinski definition) is 3. The van der Waals surface area contributed by atoms with E-state index in [0.717, 1.165) is 0 Å². The van der Waals surface area contributed by atoms with Crippen molar-refractivity contribution in [2.75, 3.05) is 6.54 Å². The summed E-state index contributed by atoms with van der Waals surface area (Å²) in [5, 5.41) is 15.4. The van der Waals surface area contributed by atoms with E-state index >= 15 is 0 Å². The summed E-state index contributed by atoms with van der Waals surface area (Å²) < 4.78 is 0. The summed E-state index contributed by atoms with van der Waals surface area (Å²) in [5.41, 5.74) is -0.00400. The minimum Gasteiger partial charge on any atom is -0.391 e. The van der Waals surface area contributed by atoms with Gasteiger partial charge in [-0.25, -0.2) is 0 Å². The summed E-state index contributed by atoms with van der Waals surface area (Å²) in [7, 11) is 0. The lowest BCUT2D eigenvalue weighted by atomic mass is 9.89. The Labute approximate surface area is 136 Å². The van der Waals surface area contributed by atoms with Crippen molar-refractivity contribution < 1.29 is 14.7 Å². The first-order valence-electron chi connectivity index (χ1n) is 7.14. The lowest BCUT2D eigenvalue weighted by molar-refractivity contribution is -0.123. The molecule has 1 rings (SSSR count). The van der Waals surface area contributed by atoms with Crippen molar-refractivity contribution in [1.82, 2.24) is 10.6 Å². The largest absolute Gasteiger partial charge is 0.391 e. The van der Waals surface area contributed by atoms with Crippen LogP contribution in [0.5, 0.6) is 0 Å². The van der Waals surface area contributed by atoms with Gasteiger partial charge in [0.1, 0.15) is 6.04 Å². The van der Waals surface area contributed by atoms with Gasteiger partial charge in [-0.2, -0.15) is 0 Å². The number of carbonyl (C=O) groups excluding carboxylic acids is 2. The Bertz CT molecular complexity index is 540. The van der Waals surface area contributed by atoms with Gasteiger partial charge in [-0.05, 0) is 24.5 Å². The number of benzene rings is 1. The fourth-order valence-corrected chi connectivity index (χ4v) is 1.86. The third-order valence-corrected chi connectivity index (χ3v) is 3.66. The molecule has 0 spiro atoms. The Balaban J connectivity index is 2.55. The van der Waals surface area contributed by atoms with Gasteiger partial charge >= 0.3 is 0 Å². The zero-order chi connectivity index (χ0) is 16.9. The van der Waals surface area contributed by atoms with Crippen LogP contribution in [0.3, 0.4) is 0 Å². The Morgan fingerprint density at radius 3 is 2.41 bits per heavy atom. The van der Waals surface area contributed by atoms with Crippen LogP contribution in [0.2, 0.25) is 5.02 Å². The molecule has 0 aromatic heterocycles. The smallest absolute Gasteiger partial charge is 0.253 e. The van der Waals surface area contributed by atoms with E-state index < -0.39 is 18.1 Å². The second-order valence-corrected chi connectivity index (χ2v) is 6.71. The lowest BCUT2D eigenvalue weighted by Gasteiger charge is -2.26.